The Hall–Kier alpha value is -0.770. The maximum atomic E-state index is 6.15. The molecule has 0 spiro atoms. The largest absolute Gasteiger partial charge is 0.494 e. The highest BCUT2D eigenvalue weighted by molar-refractivity contribution is 6.32. The lowest BCUT2D eigenvalue weighted by molar-refractivity contribution is -0.908. The lowest BCUT2D eigenvalue weighted by atomic mass is 10.1. The van der Waals surface area contributed by atoms with Gasteiger partial charge < -0.3 is 14.4 Å². The number of hydrogen-bond acceptors (Lipinski definition) is 2. The smallest absolute Gasteiger partial charge is 0.119 e. The SMILES string of the molecule is Cc1cc(OCCCC[NH+]2CCOCC2)cc(C)c1Cl. The van der Waals surface area contributed by atoms with Gasteiger partial charge in [0.2, 0.25) is 0 Å². The Bertz CT molecular complexity index is 407. The number of ether oxygens (including phenoxy) is 2. The molecule has 0 bridgehead atoms. The van der Waals surface area contributed by atoms with Gasteiger partial charge in [-0.2, -0.15) is 0 Å². The van der Waals surface area contributed by atoms with Crippen LogP contribution in [-0.4, -0.2) is 39.5 Å². The zero-order valence-corrected chi connectivity index (χ0v) is 13.3. The van der Waals surface area contributed by atoms with Crippen LogP contribution in [0.3, 0.4) is 0 Å². The third-order valence-electron chi connectivity index (χ3n) is 3.80. The quantitative estimate of drug-likeness (QED) is 0.812. The monoisotopic (exact) mass is 298 g/mol. The number of morpholine rings is 1. The molecule has 0 saturated carbocycles. The molecule has 0 amide bonds. The van der Waals surface area contributed by atoms with E-state index in [9.17, 15) is 0 Å². The van der Waals surface area contributed by atoms with Crippen LogP contribution in [-0.2, 0) is 4.74 Å². The van der Waals surface area contributed by atoms with E-state index in [0.717, 1.165) is 61.2 Å². The molecule has 1 aromatic carbocycles. The van der Waals surface area contributed by atoms with Crippen LogP contribution >= 0.6 is 11.6 Å². The standard InChI is InChI=1S/C16H24ClNO2/c1-13-11-15(12-14(2)16(13)17)20-8-4-3-5-18-6-9-19-10-7-18/h11-12H,3-10H2,1-2H3/p+1. The Kier molecular flexibility index (Phi) is 6.14. The molecule has 1 saturated heterocycles. The van der Waals surface area contributed by atoms with Crippen molar-refractivity contribution in [2.24, 2.45) is 0 Å². The van der Waals surface area contributed by atoms with E-state index in [1.54, 1.807) is 4.90 Å². The van der Waals surface area contributed by atoms with Crippen molar-refractivity contribution in [1.29, 1.82) is 0 Å². The van der Waals surface area contributed by atoms with E-state index in [1.807, 2.05) is 26.0 Å². The molecule has 0 aliphatic carbocycles. The summed E-state index contributed by atoms with van der Waals surface area (Å²) >= 11 is 6.15. The molecule has 1 fully saturated rings. The topological polar surface area (TPSA) is 22.9 Å². The fourth-order valence-corrected chi connectivity index (χ4v) is 2.68. The third-order valence-corrected chi connectivity index (χ3v) is 4.40. The maximum absolute atomic E-state index is 6.15. The number of benzene rings is 1. The molecule has 4 heteroatoms. The van der Waals surface area contributed by atoms with Gasteiger partial charge in [0.25, 0.3) is 0 Å². The number of quaternary nitrogens is 1. The van der Waals surface area contributed by atoms with Gasteiger partial charge in [-0.15, -0.1) is 0 Å². The molecule has 1 heterocycles. The third kappa shape index (κ3) is 4.65. The number of rotatable bonds is 6. The molecular formula is C16H25ClNO2+. The average molecular weight is 299 g/mol. The van der Waals surface area contributed by atoms with Crippen molar-refractivity contribution in [1.82, 2.24) is 0 Å². The van der Waals surface area contributed by atoms with E-state index in [4.69, 9.17) is 21.1 Å². The van der Waals surface area contributed by atoms with Crippen LogP contribution in [0.25, 0.3) is 0 Å². The van der Waals surface area contributed by atoms with Gasteiger partial charge in [-0.1, -0.05) is 11.6 Å². The minimum Gasteiger partial charge on any atom is -0.494 e. The van der Waals surface area contributed by atoms with E-state index in [-0.39, 0.29) is 0 Å². The summed E-state index contributed by atoms with van der Waals surface area (Å²) in [6.07, 6.45) is 2.31. The van der Waals surface area contributed by atoms with E-state index in [0.29, 0.717) is 0 Å². The zero-order valence-electron chi connectivity index (χ0n) is 12.5. The van der Waals surface area contributed by atoms with Gasteiger partial charge in [0, 0.05) is 5.02 Å². The van der Waals surface area contributed by atoms with Crippen LogP contribution in [0, 0.1) is 13.8 Å². The molecule has 3 nitrogen and oxygen atoms in total. The number of halogens is 1. The Balaban J connectivity index is 1.65. The molecule has 0 atom stereocenters. The second-order valence-electron chi connectivity index (χ2n) is 5.54. The van der Waals surface area contributed by atoms with Gasteiger partial charge in [0.1, 0.15) is 18.8 Å². The van der Waals surface area contributed by atoms with Gasteiger partial charge in [0.05, 0.1) is 26.4 Å². The molecule has 0 radical (unpaired) electrons. The number of aryl methyl sites for hydroxylation is 2. The maximum Gasteiger partial charge on any atom is 0.119 e. The number of hydrogen-bond donors (Lipinski definition) is 1. The summed E-state index contributed by atoms with van der Waals surface area (Å²) in [7, 11) is 0. The molecule has 2 rings (SSSR count). The highest BCUT2D eigenvalue weighted by Gasteiger charge is 2.12. The van der Waals surface area contributed by atoms with Crippen molar-refractivity contribution in [3.8, 4) is 5.75 Å². The van der Waals surface area contributed by atoms with Gasteiger partial charge >= 0.3 is 0 Å². The van der Waals surface area contributed by atoms with Crippen molar-refractivity contribution in [3.05, 3.63) is 28.3 Å². The van der Waals surface area contributed by atoms with E-state index in [1.165, 1.54) is 13.0 Å². The number of nitrogens with one attached hydrogen (secondary N) is 1. The van der Waals surface area contributed by atoms with Crippen molar-refractivity contribution in [2.75, 3.05) is 39.5 Å². The van der Waals surface area contributed by atoms with Crippen LogP contribution in [0.15, 0.2) is 12.1 Å². The summed E-state index contributed by atoms with van der Waals surface area (Å²) in [6, 6.07) is 4.03. The second kappa shape index (κ2) is 7.87. The lowest BCUT2D eigenvalue weighted by Gasteiger charge is -2.23. The first-order chi connectivity index (χ1) is 9.66. The van der Waals surface area contributed by atoms with Crippen molar-refractivity contribution in [2.45, 2.75) is 26.7 Å². The summed E-state index contributed by atoms with van der Waals surface area (Å²) in [5.74, 6) is 0.933. The Labute approximate surface area is 126 Å². The molecule has 112 valence electrons. The van der Waals surface area contributed by atoms with Crippen LogP contribution in [0.4, 0.5) is 0 Å². The summed E-state index contributed by atoms with van der Waals surface area (Å²) in [5, 5.41) is 0.841. The predicted octanol–water partition coefficient (Wildman–Crippen LogP) is 2.03. The molecule has 1 aromatic rings. The second-order valence-corrected chi connectivity index (χ2v) is 5.92. The molecule has 1 N–H and O–H groups in total. The van der Waals surface area contributed by atoms with Crippen LogP contribution in [0.5, 0.6) is 5.75 Å². The molecular weight excluding hydrogens is 274 g/mol. The molecule has 1 aliphatic heterocycles. The predicted molar refractivity (Wildman–Crippen MR) is 82.0 cm³/mol. The zero-order chi connectivity index (χ0) is 14.4. The first-order valence-corrected chi connectivity index (χ1v) is 7.85. The minimum absolute atomic E-state index is 0.782. The van der Waals surface area contributed by atoms with E-state index >= 15 is 0 Å². The summed E-state index contributed by atoms with van der Waals surface area (Å²) in [4.78, 5) is 1.66. The Morgan fingerprint density at radius 1 is 1.15 bits per heavy atom. The van der Waals surface area contributed by atoms with Crippen LogP contribution in [0.1, 0.15) is 24.0 Å². The van der Waals surface area contributed by atoms with Crippen molar-refractivity contribution >= 4 is 11.6 Å². The fraction of sp³-hybridized carbons (Fsp3) is 0.625. The Morgan fingerprint density at radius 3 is 2.45 bits per heavy atom. The van der Waals surface area contributed by atoms with Gasteiger partial charge in [-0.05, 0) is 49.9 Å². The van der Waals surface area contributed by atoms with E-state index in [2.05, 4.69) is 0 Å². The van der Waals surface area contributed by atoms with Crippen LogP contribution in [0.2, 0.25) is 5.02 Å². The van der Waals surface area contributed by atoms with Crippen molar-refractivity contribution in [3.63, 3.8) is 0 Å². The first-order valence-electron chi connectivity index (χ1n) is 7.47. The van der Waals surface area contributed by atoms with Gasteiger partial charge in [0.15, 0.2) is 0 Å². The van der Waals surface area contributed by atoms with Gasteiger partial charge in [-0.25, -0.2) is 0 Å². The Morgan fingerprint density at radius 2 is 1.80 bits per heavy atom. The van der Waals surface area contributed by atoms with Gasteiger partial charge in [-0.3, -0.25) is 0 Å². The molecule has 1 aliphatic rings. The highest BCUT2D eigenvalue weighted by atomic mass is 35.5. The summed E-state index contributed by atoms with van der Waals surface area (Å²) < 4.78 is 11.2. The van der Waals surface area contributed by atoms with E-state index < -0.39 is 0 Å². The fourth-order valence-electron chi connectivity index (χ4n) is 2.57. The highest BCUT2D eigenvalue weighted by Crippen LogP contribution is 2.25. The lowest BCUT2D eigenvalue weighted by Crippen LogP contribution is -3.14. The minimum atomic E-state index is 0.782. The summed E-state index contributed by atoms with van der Waals surface area (Å²) in [5.41, 5.74) is 2.17. The molecule has 20 heavy (non-hydrogen) atoms. The summed E-state index contributed by atoms with van der Waals surface area (Å²) in [6.45, 7) is 10.2. The molecule has 0 unspecified atom stereocenters. The molecule has 0 aromatic heterocycles. The van der Waals surface area contributed by atoms with Crippen molar-refractivity contribution < 1.29 is 14.4 Å². The first kappa shape index (κ1) is 15.6. The average Bonchev–Trinajstić information content (AvgIpc) is 2.45. The van der Waals surface area contributed by atoms with Crippen LogP contribution < -0.4 is 9.64 Å². The number of unbranched alkanes of at least 4 members (excludes halogenated alkanes) is 1. The normalized spacial score (nSPS) is 16.4.